The van der Waals surface area contributed by atoms with Gasteiger partial charge in [-0.15, -0.1) is 0 Å². The van der Waals surface area contributed by atoms with E-state index in [1.807, 2.05) is 12.1 Å². The molecule has 1 atom stereocenters. The summed E-state index contributed by atoms with van der Waals surface area (Å²) in [5.41, 5.74) is -0.141. The van der Waals surface area contributed by atoms with Crippen molar-refractivity contribution in [1.82, 2.24) is 9.88 Å². The molecule has 2 heterocycles. The van der Waals surface area contributed by atoms with Crippen LogP contribution in [0.25, 0.3) is 0 Å². The van der Waals surface area contributed by atoms with Crippen LogP contribution in [0.4, 0.5) is 4.39 Å². The van der Waals surface area contributed by atoms with Gasteiger partial charge in [0.05, 0.1) is 11.8 Å². The van der Waals surface area contributed by atoms with E-state index in [1.54, 1.807) is 29.3 Å². The fourth-order valence-electron chi connectivity index (χ4n) is 3.06. The molecule has 5 nitrogen and oxygen atoms in total. The molecule has 1 unspecified atom stereocenters. The number of pyridine rings is 1. The van der Waals surface area contributed by atoms with Gasteiger partial charge in [-0.2, -0.15) is 5.26 Å². The van der Waals surface area contributed by atoms with Crippen molar-refractivity contribution in [2.45, 2.75) is 18.3 Å². The van der Waals surface area contributed by atoms with E-state index < -0.39 is 11.2 Å². The lowest BCUT2D eigenvalue weighted by Crippen LogP contribution is -2.49. The van der Waals surface area contributed by atoms with E-state index in [-0.39, 0.29) is 24.8 Å². The Morgan fingerprint density at radius 3 is 2.84 bits per heavy atom. The molecule has 0 aliphatic carbocycles. The van der Waals surface area contributed by atoms with E-state index in [0.717, 1.165) is 0 Å². The lowest BCUT2D eigenvalue weighted by Gasteiger charge is -2.37. The summed E-state index contributed by atoms with van der Waals surface area (Å²) in [7, 11) is 0. The first kappa shape index (κ1) is 16.9. The molecule has 1 aromatic heterocycles. The average Bonchev–Trinajstić information content (AvgIpc) is 2.68. The number of nitriles is 1. The number of amides is 1. The quantitative estimate of drug-likeness (QED) is 0.859. The first-order chi connectivity index (χ1) is 12.1. The zero-order valence-electron chi connectivity index (χ0n) is 13.7. The van der Waals surface area contributed by atoms with E-state index in [0.29, 0.717) is 25.1 Å². The van der Waals surface area contributed by atoms with E-state index in [4.69, 9.17) is 4.74 Å². The smallest absolute Gasteiger partial charge is 0.260 e. The van der Waals surface area contributed by atoms with Crippen molar-refractivity contribution in [3.8, 4) is 11.8 Å². The molecule has 128 valence electrons. The molecule has 1 fully saturated rings. The van der Waals surface area contributed by atoms with Crippen LogP contribution in [0.2, 0.25) is 0 Å². The Hall–Kier alpha value is -2.94. The minimum atomic E-state index is -0.812. The first-order valence-electron chi connectivity index (χ1n) is 8.12. The van der Waals surface area contributed by atoms with Crippen LogP contribution in [0.15, 0.2) is 48.7 Å². The number of ether oxygens (including phenoxy) is 1. The highest BCUT2D eigenvalue weighted by Crippen LogP contribution is 2.32. The highest BCUT2D eigenvalue weighted by molar-refractivity contribution is 5.78. The molecule has 2 aromatic rings. The molecule has 0 radical (unpaired) electrons. The first-order valence-corrected chi connectivity index (χ1v) is 8.12. The van der Waals surface area contributed by atoms with Crippen LogP contribution < -0.4 is 4.74 Å². The maximum Gasteiger partial charge on any atom is 0.260 e. The van der Waals surface area contributed by atoms with Gasteiger partial charge in [0, 0.05) is 19.3 Å². The summed E-state index contributed by atoms with van der Waals surface area (Å²) in [5, 5.41) is 9.73. The number of likely N-dealkylation sites (tertiary alicyclic amines) is 1. The Morgan fingerprint density at radius 1 is 1.32 bits per heavy atom. The highest BCUT2D eigenvalue weighted by atomic mass is 19.1. The second-order valence-electron chi connectivity index (χ2n) is 6.05. The summed E-state index contributed by atoms with van der Waals surface area (Å²) >= 11 is 0. The van der Waals surface area contributed by atoms with Gasteiger partial charge in [-0.3, -0.25) is 9.78 Å². The van der Waals surface area contributed by atoms with Gasteiger partial charge in [-0.25, -0.2) is 4.39 Å². The van der Waals surface area contributed by atoms with Gasteiger partial charge in [0.2, 0.25) is 0 Å². The Labute approximate surface area is 145 Å². The number of hydrogen-bond acceptors (Lipinski definition) is 4. The molecule has 0 spiro atoms. The van der Waals surface area contributed by atoms with E-state index >= 15 is 0 Å². The van der Waals surface area contributed by atoms with E-state index in [9.17, 15) is 14.4 Å². The third-order valence-corrected chi connectivity index (χ3v) is 4.40. The zero-order valence-corrected chi connectivity index (χ0v) is 13.7. The Kier molecular flexibility index (Phi) is 4.94. The van der Waals surface area contributed by atoms with Crippen LogP contribution in [0, 0.1) is 17.1 Å². The third-order valence-electron chi connectivity index (χ3n) is 4.40. The van der Waals surface area contributed by atoms with E-state index in [2.05, 4.69) is 11.1 Å². The third kappa shape index (κ3) is 3.61. The van der Waals surface area contributed by atoms with Gasteiger partial charge >= 0.3 is 0 Å². The van der Waals surface area contributed by atoms with E-state index in [1.165, 1.54) is 12.1 Å². The van der Waals surface area contributed by atoms with Crippen LogP contribution in [0.1, 0.15) is 18.5 Å². The number of aromatic nitrogens is 1. The normalized spacial score (nSPS) is 19.9. The molecule has 0 N–H and O–H groups in total. The molecular weight excluding hydrogens is 321 g/mol. The summed E-state index contributed by atoms with van der Waals surface area (Å²) in [5.74, 6) is -0.726. The number of para-hydroxylation sites is 1. The van der Waals surface area contributed by atoms with Gasteiger partial charge < -0.3 is 9.64 Å². The van der Waals surface area contributed by atoms with Gasteiger partial charge in [0.1, 0.15) is 5.41 Å². The summed E-state index contributed by atoms with van der Waals surface area (Å²) < 4.78 is 18.9. The topological polar surface area (TPSA) is 66.2 Å². The molecule has 0 bridgehead atoms. The van der Waals surface area contributed by atoms with Crippen LogP contribution >= 0.6 is 0 Å². The number of benzene rings is 1. The average molecular weight is 339 g/mol. The van der Waals surface area contributed by atoms with Crippen molar-refractivity contribution >= 4 is 5.91 Å². The van der Waals surface area contributed by atoms with Crippen molar-refractivity contribution in [2.75, 3.05) is 19.7 Å². The Balaban J connectivity index is 1.69. The highest BCUT2D eigenvalue weighted by Gasteiger charge is 2.40. The predicted molar refractivity (Wildman–Crippen MR) is 89.2 cm³/mol. The second kappa shape index (κ2) is 7.31. The van der Waals surface area contributed by atoms with Gasteiger partial charge in [-0.1, -0.05) is 18.2 Å². The maximum atomic E-state index is 13.6. The van der Waals surface area contributed by atoms with Crippen molar-refractivity contribution in [2.24, 2.45) is 0 Å². The monoisotopic (exact) mass is 339 g/mol. The fourth-order valence-corrected chi connectivity index (χ4v) is 3.06. The molecule has 1 amide bonds. The molecule has 1 aliphatic heterocycles. The molecule has 1 aliphatic rings. The lowest BCUT2D eigenvalue weighted by molar-refractivity contribution is -0.135. The fraction of sp³-hybridized carbons (Fsp3) is 0.316. The minimum absolute atomic E-state index is 0.0455. The molecular formula is C19H18FN3O2. The summed E-state index contributed by atoms with van der Waals surface area (Å²) in [4.78, 5) is 18.4. The molecule has 1 saturated heterocycles. The number of hydrogen-bond donors (Lipinski definition) is 0. The number of nitrogens with zero attached hydrogens (tertiary/aromatic N) is 3. The Bertz CT molecular complexity index is 791. The standard InChI is InChI=1S/C19H18FN3O2/c20-15-6-1-2-7-16(15)25-12-18(24)23-11-5-9-19(13-21,14-23)17-8-3-4-10-22-17/h1-4,6-8,10H,5,9,11-12,14H2. The van der Waals surface area contributed by atoms with Gasteiger partial charge in [-0.05, 0) is 37.1 Å². The lowest BCUT2D eigenvalue weighted by atomic mass is 9.78. The molecule has 25 heavy (non-hydrogen) atoms. The van der Waals surface area contributed by atoms with Gasteiger partial charge in [0.15, 0.2) is 18.2 Å². The molecule has 0 saturated carbocycles. The summed E-state index contributed by atoms with van der Waals surface area (Å²) in [6, 6.07) is 13.7. The zero-order chi connectivity index (χ0) is 17.7. The number of carbonyl (C=O) groups is 1. The van der Waals surface area contributed by atoms with Crippen LogP contribution in [-0.2, 0) is 10.2 Å². The maximum absolute atomic E-state index is 13.6. The Morgan fingerprint density at radius 2 is 2.12 bits per heavy atom. The van der Waals surface area contributed by atoms with Crippen molar-refractivity contribution in [3.05, 3.63) is 60.2 Å². The predicted octanol–water partition coefficient (Wildman–Crippen LogP) is 2.68. The number of carbonyl (C=O) groups excluding carboxylic acids is 1. The van der Waals surface area contributed by atoms with Crippen molar-refractivity contribution in [1.29, 1.82) is 5.26 Å². The number of rotatable bonds is 4. The van der Waals surface area contributed by atoms with Crippen molar-refractivity contribution < 1.29 is 13.9 Å². The summed E-state index contributed by atoms with van der Waals surface area (Å²) in [6.07, 6.45) is 3.00. The van der Waals surface area contributed by atoms with Crippen molar-refractivity contribution in [3.63, 3.8) is 0 Å². The summed E-state index contributed by atoms with van der Waals surface area (Å²) in [6.45, 7) is 0.556. The van der Waals surface area contributed by atoms with Crippen LogP contribution in [-0.4, -0.2) is 35.5 Å². The van der Waals surface area contributed by atoms with Crippen LogP contribution in [0.3, 0.4) is 0 Å². The largest absolute Gasteiger partial charge is 0.481 e. The molecule has 6 heteroatoms. The number of halogens is 1. The second-order valence-corrected chi connectivity index (χ2v) is 6.05. The molecule has 1 aromatic carbocycles. The van der Waals surface area contributed by atoms with Gasteiger partial charge in [0.25, 0.3) is 5.91 Å². The molecule has 3 rings (SSSR count). The minimum Gasteiger partial charge on any atom is -0.481 e. The number of piperidine rings is 1. The SMILES string of the molecule is N#CC1(c2ccccn2)CCCN(C(=O)COc2ccccc2F)C1. The van der Waals surface area contributed by atoms with Crippen LogP contribution in [0.5, 0.6) is 5.75 Å².